The van der Waals surface area contributed by atoms with Gasteiger partial charge in [-0.1, -0.05) is 225 Å². The molecule has 0 aromatic carbocycles. The van der Waals surface area contributed by atoms with Crippen LogP contribution in [0.25, 0.3) is 0 Å². The van der Waals surface area contributed by atoms with Gasteiger partial charge in [-0.2, -0.15) is 0 Å². The van der Waals surface area contributed by atoms with Crippen LogP contribution >= 0.6 is 0 Å². The molecule has 143 heavy (non-hydrogen) atoms. The molecular formula is C97H170N4O42. The monoisotopic (exact) mass is 2060 g/mol. The lowest BCUT2D eigenvalue weighted by molar-refractivity contribution is -0.404. The Morgan fingerprint density at radius 2 is 0.762 bits per heavy atom. The van der Waals surface area contributed by atoms with Gasteiger partial charge in [-0.05, 0) is 26.2 Å². The maximum Gasteiger partial charge on any atom is 0.364 e. The number of aliphatic carboxylic acids is 3. The minimum absolute atomic E-state index is 0.0837. The lowest BCUT2D eigenvalue weighted by Crippen LogP contribution is -2.72. The van der Waals surface area contributed by atoms with E-state index in [2.05, 4.69) is 35.1 Å². The average Bonchev–Trinajstić information content (AvgIpc) is 0.745. The normalized spacial score (nSPS) is 32.9. The van der Waals surface area contributed by atoms with Crippen molar-refractivity contribution in [2.75, 3.05) is 46.2 Å². The molecule has 0 bridgehead atoms. The number of hydrogen-bond donors (Lipinski definition) is 26. The van der Waals surface area contributed by atoms with Gasteiger partial charge in [-0.25, -0.2) is 14.4 Å². The molecule has 35 atom stereocenters. The summed E-state index contributed by atoms with van der Waals surface area (Å²) >= 11 is 0. The Labute approximate surface area is 835 Å². The second-order valence-corrected chi connectivity index (χ2v) is 39.2. The highest BCUT2D eigenvalue weighted by Gasteiger charge is 2.65. The minimum Gasteiger partial charge on any atom is -0.477 e. The number of allylic oxidation sites excluding steroid dienone is 1. The van der Waals surface area contributed by atoms with Crippen molar-refractivity contribution in [2.45, 2.75) is 499 Å². The molecule has 4 amide bonds. The van der Waals surface area contributed by atoms with E-state index < -0.39 is 332 Å². The Kier molecular flexibility index (Phi) is 57.2. The Hall–Kier alpha value is -5.54. The summed E-state index contributed by atoms with van der Waals surface area (Å²) in [5, 5.41) is 262. The van der Waals surface area contributed by atoms with Gasteiger partial charge in [0.15, 0.2) is 18.9 Å². The highest BCUT2D eigenvalue weighted by molar-refractivity contribution is 5.79. The molecule has 0 aliphatic carbocycles. The fraction of sp³-hybridized carbons (Fsp3) is 0.897. The summed E-state index contributed by atoms with van der Waals surface area (Å²) in [7, 11) is 0. The molecule has 6 saturated heterocycles. The van der Waals surface area contributed by atoms with Crippen molar-refractivity contribution in [1.82, 2.24) is 21.3 Å². The fourth-order valence-corrected chi connectivity index (χ4v) is 19.5. The number of amides is 4. The van der Waals surface area contributed by atoms with Crippen LogP contribution in [0.1, 0.15) is 292 Å². The van der Waals surface area contributed by atoms with E-state index in [-0.39, 0.29) is 6.42 Å². The number of ketones is 1. The van der Waals surface area contributed by atoms with Gasteiger partial charge < -0.3 is 195 Å². The van der Waals surface area contributed by atoms with Gasteiger partial charge in [0, 0.05) is 58.8 Å². The zero-order valence-corrected chi connectivity index (χ0v) is 83.7. The first-order valence-electron chi connectivity index (χ1n) is 51.6. The third-order valence-electron chi connectivity index (χ3n) is 27.5. The number of aliphatic hydroxyl groups is 19. The van der Waals surface area contributed by atoms with E-state index >= 15 is 0 Å². The molecular weight excluding hydrogens is 1890 g/mol. The number of aliphatic hydroxyl groups excluding tert-OH is 19. The number of rotatable bonds is 71. The number of carbonyl (C=O) groups excluding carboxylic acids is 5. The predicted octanol–water partition coefficient (Wildman–Crippen LogP) is -0.698. The van der Waals surface area contributed by atoms with Crippen molar-refractivity contribution in [3.8, 4) is 0 Å². The topological polar surface area (TPSA) is 741 Å². The third-order valence-corrected chi connectivity index (χ3v) is 27.5. The molecule has 0 saturated carbocycles. The molecule has 46 nitrogen and oxygen atoms in total. The van der Waals surface area contributed by atoms with E-state index in [1.807, 2.05) is 0 Å². The Morgan fingerprint density at radius 1 is 0.399 bits per heavy atom. The Balaban J connectivity index is 1.27. The van der Waals surface area contributed by atoms with Crippen molar-refractivity contribution >= 4 is 47.3 Å². The second kappa shape index (κ2) is 64.9. The lowest BCUT2D eigenvalue weighted by atomic mass is 9.86. The molecule has 0 radical (unpaired) electrons. The summed E-state index contributed by atoms with van der Waals surface area (Å²) in [4.78, 5) is 107. The van der Waals surface area contributed by atoms with E-state index in [0.29, 0.717) is 12.8 Å². The van der Waals surface area contributed by atoms with Crippen molar-refractivity contribution in [3.05, 3.63) is 12.2 Å². The van der Waals surface area contributed by atoms with Gasteiger partial charge in [0.05, 0.1) is 101 Å². The van der Waals surface area contributed by atoms with Crippen molar-refractivity contribution < 1.29 is 208 Å². The van der Waals surface area contributed by atoms with Gasteiger partial charge in [0.2, 0.25) is 23.6 Å². The van der Waals surface area contributed by atoms with E-state index in [1.54, 1.807) is 6.08 Å². The highest BCUT2D eigenvalue weighted by Crippen LogP contribution is 2.45. The van der Waals surface area contributed by atoms with E-state index in [0.717, 1.165) is 91.9 Å². The number of Topliss-reactive ketones (excluding diaryl/α,β-unsaturated/α-hetero) is 1. The number of carbonyl (C=O) groups is 8. The SMILES string of the molecule is CCCCCCCCCCCCCC=C[C@@H](O)[C@H](CO[C@@H]1O[C@H](CO)[C@@H](O[C@@H]2O[C@H](CO)[C@H](O[C@@H]3O[C@H](CO)[C@H](O)[C@H](O)[C@H]3CC(C)=O)[C@H](O[C@]3(C(=O)O)C[C@H](O)[C@@H](NC(C)=O)C([C@H](O)[C@@H](CO)O[C@]4(C(=O)O)C[C@H](O)[C@@H](NC(C)=O)C([C@H](O)[C@@H](CO)O[C@]5(C(=O)O)C[C@H](O)[C@@H](NC(C)=O)C([C@H](O)[C@H](O)CO)O5)O4)O3)[C@H]2O)[C@H](O)[C@H]1O)NC(=O)CCCCCCCCCCCCCCCCCCCCCCCC. The lowest BCUT2D eigenvalue weighted by Gasteiger charge is -2.53. The van der Waals surface area contributed by atoms with Crippen LogP contribution in [0.3, 0.4) is 0 Å². The summed E-state index contributed by atoms with van der Waals surface area (Å²) in [5.41, 5.74) is 0. The largest absolute Gasteiger partial charge is 0.477 e. The van der Waals surface area contributed by atoms with Crippen LogP contribution in [0, 0.1) is 5.92 Å². The molecule has 0 aromatic heterocycles. The van der Waals surface area contributed by atoms with Crippen LogP contribution in [0.4, 0.5) is 0 Å². The molecule has 6 rings (SSSR count). The quantitative estimate of drug-likeness (QED) is 0.0264. The molecule has 6 heterocycles. The molecule has 830 valence electrons. The first kappa shape index (κ1) is 126. The highest BCUT2D eigenvalue weighted by atomic mass is 16.8. The first-order valence-corrected chi connectivity index (χ1v) is 51.6. The molecule has 26 N–H and O–H groups in total. The minimum atomic E-state index is -3.71. The van der Waals surface area contributed by atoms with Gasteiger partial charge in [0.1, 0.15) is 122 Å². The third kappa shape index (κ3) is 38.4. The molecule has 6 aliphatic heterocycles. The van der Waals surface area contributed by atoms with E-state index in [4.69, 9.17) is 56.8 Å². The summed E-state index contributed by atoms with van der Waals surface area (Å²) in [6.07, 6.45) is -24.5. The molecule has 0 aromatic rings. The van der Waals surface area contributed by atoms with Crippen LogP contribution in [-0.4, -0.2) is 413 Å². The summed E-state index contributed by atoms with van der Waals surface area (Å²) in [6.45, 7) is -0.552. The fourth-order valence-electron chi connectivity index (χ4n) is 19.5. The summed E-state index contributed by atoms with van der Waals surface area (Å²) in [6, 6.07) is -7.29. The predicted molar refractivity (Wildman–Crippen MR) is 502 cm³/mol. The number of nitrogens with one attached hydrogen (secondary N) is 4. The van der Waals surface area contributed by atoms with Crippen molar-refractivity contribution in [3.63, 3.8) is 0 Å². The molecule has 6 aliphatic rings. The van der Waals surface area contributed by atoms with Gasteiger partial charge in [-0.15, -0.1) is 0 Å². The average molecular weight is 2060 g/mol. The van der Waals surface area contributed by atoms with E-state index in [9.17, 15) is 151 Å². The summed E-state index contributed by atoms with van der Waals surface area (Å²) < 4.78 is 72.1. The van der Waals surface area contributed by atoms with Crippen LogP contribution in [0.2, 0.25) is 0 Å². The molecule has 6 fully saturated rings. The van der Waals surface area contributed by atoms with Crippen LogP contribution in [0.15, 0.2) is 12.2 Å². The molecule has 0 spiro atoms. The Morgan fingerprint density at radius 3 is 1.15 bits per heavy atom. The van der Waals surface area contributed by atoms with Crippen LogP contribution < -0.4 is 21.3 Å². The van der Waals surface area contributed by atoms with Crippen molar-refractivity contribution in [1.29, 1.82) is 0 Å². The molecule has 46 heteroatoms. The van der Waals surface area contributed by atoms with Crippen LogP contribution in [-0.2, 0) is 95.2 Å². The maximum atomic E-state index is 14.5. The van der Waals surface area contributed by atoms with Crippen molar-refractivity contribution in [2.24, 2.45) is 5.92 Å². The summed E-state index contributed by atoms with van der Waals surface area (Å²) in [5.74, 6) is -23.6. The molecule has 3 unspecified atom stereocenters. The van der Waals surface area contributed by atoms with Gasteiger partial charge >= 0.3 is 17.9 Å². The number of hydrogen-bond acceptors (Lipinski definition) is 39. The zero-order valence-electron chi connectivity index (χ0n) is 83.7. The smallest absolute Gasteiger partial charge is 0.364 e. The Bertz CT molecular complexity index is 3700. The zero-order chi connectivity index (χ0) is 106. The standard InChI is InChI=1S/C97H170N4O42/c1-7-9-11-13-15-17-19-21-22-23-24-25-26-27-28-29-31-33-35-37-39-41-43-71(117)101-60(61(112)42-40-38-36-34-32-30-20-18-16-14-12-10-8-2)54-132-90-81(124)80(123)83(69(52-106)134-90)136-91-82(125)88(84(70(53-107)135-91)137-89-59(44-55(3)108)75(118)77(120)66(49-103)133-89)143-97(94(130)131)47-64(115)74(100-58(6)111)87(142-97)79(122)68(51-105)139-96(93(128)129)46-63(114)73(99-57(5)110)86(141-96)78(121)67(50-104)138-95(92(126)127)45-62(113)72(98-56(4)109)85(140-95)76(119)65(116)48-102/h40,42,59-70,72-91,102-107,112-116,118-125H,7-39,41,43-54H2,1-6H3,(H,98,109)(H,99,110)(H,100,111)(H,101,117)(H,126,127)(H,128,129)(H,130,131)/t59-,60+,61-,62+,63+,64+,65-,66-,67-,68-,69-,70-,72-,73-,74-,75-,76-,77+,78-,79-,80-,81-,82-,83-,84+,85?,86?,87?,88-,89+,90-,91+,95-,96-,97+/m1/s1. The second-order valence-electron chi connectivity index (χ2n) is 39.2. The van der Waals surface area contributed by atoms with Gasteiger partial charge in [-0.3, -0.25) is 19.2 Å². The number of unbranched alkanes of at least 4 members (excludes halogenated alkanes) is 32. The first-order chi connectivity index (χ1) is 68.1. The number of carboxylic acid groups (broad SMARTS) is 3. The van der Waals surface area contributed by atoms with Gasteiger partial charge in [0.25, 0.3) is 17.4 Å². The number of carboxylic acids is 3. The van der Waals surface area contributed by atoms with E-state index in [1.165, 1.54) is 147 Å². The maximum absolute atomic E-state index is 14.5. The number of ether oxygens (including phenoxy) is 12. The van der Waals surface area contributed by atoms with Crippen LogP contribution in [0.5, 0.6) is 0 Å².